The highest BCUT2D eigenvalue weighted by Crippen LogP contribution is 2.25. The lowest BCUT2D eigenvalue weighted by molar-refractivity contribution is 0.0739. The molecule has 0 unspecified atom stereocenters. The molecule has 2 aromatic rings. The van der Waals surface area contributed by atoms with Crippen LogP contribution in [0.5, 0.6) is 0 Å². The molecule has 1 aromatic heterocycles. The van der Waals surface area contributed by atoms with Crippen LogP contribution in [0.2, 0.25) is 0 Å². The van der Waals surface area contributed by atoms with Crippen LogP contribution in [0.25, 0.3) is 11.3 Å². The zero-order chi connectivity index (χ0) is 13.9. The highest BCUT2D eigenvalue weighted by Gasteiger charge is 2.25. The van der Waals surface area contributed by atoms with E-state index in [-0.39, 0.29) is 5.91 Å². The number of carbonyl (C=O) groups is 1. The second kappa shape index (κ2) is 5.33. The predicted molar refractivity (Wildman–Crippen MR) is 76.2 cm³/mol. The zero-order valence-electron chi connectivity index (χ0n) is 11.2. The topological polar surface area (TPSA) is 46.3 Å². The summed E-state index contributed by atoms with van der Waals surface area (Å²) in [6.07, 6.45) is 3.06. The zero-order valence-corrected chi connectivity index (χ0v) is 11.2. The molecule has 102 valence electrons. The summed E-state index contributed by atoms with van der Waals surface area (Å²) in [5, 5.41) is 0. The molecular weight excluding hydrogens is 252 g/mol. The van der Waals surface area contributed by atoms with Crippen LogP contribution in [0.15, 0.2) is 53.3 Å². The summed E-state index contributed by atoms with van der Waals surface area (Å²) in [6.45, 7) is 5.38. The van der Waals surface area contributed by atoms with Gasteiger partial charge in [0.25, 0.3) is 5.91 Å². The number of rotatable bonds is 2. The number of carbonyl (C=O) groups excluding carboxylic acids is 1. The number of oxazole rings is 1. The van der Waals surface area contributed by atoms with Crippen LogP contribution in [0.4, 0.5) is 0 Å². The maximum absolute atomic E-state index is 12.5. The van der Waals surface area contributed by atoms with Crippen LogP contribution < -0.4 is 0 Å². The summed E-state index contributed by atoms with van der Waals surface area (Å²) in [5.41, 5.74) is 2.47. The molecular formula is C16H16N2O2. The minimum atomic E-state index is -0.0647. The van der Waals surface area contributed by atoms with Crippen molar-refractivity contribution in [3.63, 3.8) is 0 Å². The van der Waals surface area contributed by atoms with Crippen molar-refractivity contribution < 1.29 is 9.21 Å². The van der Waals surface area contributed by atoms with Gasteiger partial charge in [-0.15, -0.1) is 0 Å². The van der Waals surface area contributed by atoms with Crippen molar-refractivity contribution in [2.24, 2.45) is 0 Å². The van der Waals surface area contributed by atoms with E-state index < -0.39 is 0 Å². The van der Waals surface area contributed by atoms with E-state index in [2.05, 4.69) is 11.6 Å². The number of benzene rings is 1. The van der Waals surface area contributed by atoms with E-state index in [1.165, 1.54) is 12.0 Å². The minimum absolute atomic E-state index is 0.0647. The molecule has 0 radical (unpaired) electrons. The van der Waals surface area contributed by atoms with Gasteiger partial charge < -0.3 is 9.32 Å². The van der Waals surface area contributed by atoms with E-state index in [4.69, 9.17) is 4.42 Å². The van der Waals surface area contributed by atoms with Crippen LogP contribution in [-0.2, 0) is 0 Å². The Morgan fingerprint density at radius 1 is 1.20 bits per heavy atom. The van der Waals surface area contributed by atoms with Crippen molar-refractivity contribution in [2.45, 2.75) is 12.8 Å². The highest BCUT2D eigenvalue weighted by atomic mass is 16.3. The number of likely N-dealkylation sites (tertiary alicyclic amines) is 1. The third kappa shape index (κ3) is 2.37. The minimum Gasteiger partial charge on any atom is -0.443 e. The average Bonchev–Trinajstić information content (AvgIpc) is 2.97. The lowest BCUT2D eigenvalue weighted by Gasteiger charge is -2.27. The first-order chi connectivity index (χ1) is 9.75. The van der Waals surface area contributed by atoms with Crippen LogP contribution in [-0.4, -0.2) is 28.9 Å². The summed E-state index contributed by atoms with van der Waals surface area (Å²) >= 11 is 0. The fourth-order valence-electron chi connectivity index (χ4n) is 2.37. The molecule has 2 heterocycles. The summed E-state index contributed by atoms with van der Waals surface area (Å²) in [4.78, 5) is 18.5. The Kier molecular flexibility index (Phi) is 3.37. The first kappa shape index (κ1) is 12.7. The SMILES string of the molecule is C=C1CCN(C(=O)c2ncoc2-c2ccccc2)CC1. The van der Waals surface area contributed by atoms with Gasteiger partial charge >= 0.3 is 0 Å². The van der Waals surface area contributed by atoms with Crippen molar-refractivity contribution >= 4 is 5.91 Å². The Hall–Kier alpha value is -2.36. The maximum Gasteiger partial charge on any atom is 0.276 e. The molecule has 0 bridgehead atoms. The lowest BCUT2D eigenvalue weighted by atomic mass is 10.0. The molecule has 0 aliphatic carbocycles. The maximum atomic E-state index is 12.5. The number of aromatic nitrogens is 1. The Bertz CT molecular complexity index is 621. The summed E-state index contributed by atoms with van der Waals surface area (Å²) < 4.78 is 5.41. The van der Waals surface area contributed by atoms with Gasteiger partial charge in [-0.2, -0.15) is 0 Å². The monoisotopic (exact) mass is 268 g/mol. The molecule has 0 atom stereocenters. The lowest BCUT2D eigenvalue weighted by Crippen LogP contribution is -2.36. The van der Waals surface area contributed by atoms with Gasteiger partial charge in [-0.05, 0) is 12.8 Å². The van der Waals surface area contributed by atoms with Gasteiger partial charge in [-0.1, -0.05) is 42.5 Å². The fourth-order valence-corrected chi connectivity index (χ4v) is 2.37. The second-order valence-corrected chi connectivity index (χ2v) is 4.94. The number of piperidine rings is 1. The summed E-state index contributed by atoms with van der Waals surface area (Å²) in [6, 6.07) is 9.58. The third-order valence-corrected chi connectivity index (χ3v) is 3.56. The second-order valence-electron chi connectivity index (χ2n) is 4.94. The first-order valence-corrected chi connectivity index (χ1v) is 6.70. The van der Waals surface area contributed by atoms with Crippen LogP contribution in [0.3, 0.4) is 0 Å². The molecule has 20 heavy (non-hydrogen) atoms. The van der Waals surface area contributed by atoms with E-state index in [1.807, 2.05) is 35.2 Å². The van der Waals surface area contributed by atoms with Crippen molar-refractivity contribution in [3.05, 3.63) is 54.6 Å². The highest BCUT2D eigenvalue weighted by molar-refractivity contribution is 5.97. The summed E-state index contributed by atoms with van der Waals surface area (Å²) in [7, 11) is 0. The smallest absolute Gasteiger partial charge is 0.276 e. The van der Waals surface area contributed by atoms with Gasteiger partial charge in [0.2, 0.25) is 0 Å². The third-order valence-electron chi connectivity index (χ3n) is 3.56. The van der Waals surface area contributed by atoms with Gasteiger partial charge in [0.15, 0.2) is 17.8 Å². The van der Waals surface area contributed by atoms with Crippen molar-refractivity contribution in [1.82, 2.24) is 9.88 Å². The number of amides is 1. The predicted octanol–water partition coefficient (Wildman–Crippen LogP) is 3.13. The summed E-state index contributed by atoms with van der Waals surface area (Å²) in [5.74, 6) is 0.477. The molecule has 0 saturated carbocycles. The molecule has 1 aliphatic heterocycles. The van der Waals surface area contributed by atoms with Crippen molar-refractivity contribution in [3.8, 4) is 11.3 Å². The van der Waals surface area contributed by atoms with Gasteiger partial charge in [-0.3, -0.25) is 4.79 Å². The molecule has 1 aromatic carbocycles. The van der Waals surface area contributed by atoms with Crippen LogP contribution in [0.1, 0.15) is 23.3 Å². The standard InChI is InChI=1S/C16H16N2O2/c1-12-7-9-18(10-8-12)16(19)14-15(20-11-17-14)13-5-3-2-4-6-13/h2-6,11H,1,7-10H2. The molecule has 4 nitrogen and oxygen atoms in total. The van der Waals surface area contributed by atoms with Gasteiger partial charge in [-0.25, -0.2) is 4.98 Å². The average molecular weight is 268 g/mol. The van der Waals surface area contributed by atoms with Gasteiger partial charge in [0, 0.05) is 18.7 Å². The Morgan fingerprint density at radius 3 is 2.60 bits per heavy atom. The Labute approximate surface area is 117 Å². The first-order valence-electron chi connectivity index (χ1n) is 6.70. The van der Waals surface area contributed by atoms with Crippen molar-refractivity contribution in [1.29, 1.82) is 0 Å². The number of nitrogens with zero attached hydrogens (tertiary/aromatic N) is 2. The molecule has 0 N–H and O–H groups in total. The van der Waals surface area contributed by atoms with E-state index in [0.29, 0.717) is 24.5 Å². The van der Waals surface area contributed by atoms with Crippen LogP contribution in [0, 0.1) is 0 Å². The number of hydrogen-bond donors (Lipinski definition) is 0. The number of hydrogen-bond acceptors (Lipinski definition) is 3. The molecule has 1 aliphatic rings. The van der Waals surface area contributed by atoms with Gasteiger partial charge in [0.1, 0.15) is 0 Å². The molecule has 1 amide bonds. The van der Waals surface area contributed by atoms with E-state index >= 15 is 0 Å². The van der Waals surface area contributed by atoms with E-state index in [0.717, 1.165) is 18.4 Å². The van der Waals surface area contributed by atoms with Crippen LogP contribution >= 0.6 is 0 Å². The quantitative estimate of drug-likeness (QED) is 0.786. The van der Waals surface area contributed by atoms with E-state index in [9.17, 15) is 4.79 Å². The molecule has 1 fully saturated rings. The molecule has 3 rings (SSSR count). The van der Waals surface area contributed by atoms with Gasteiger partial charge in [0.05, 0.1) is 0 Å². The Morgan fingerprint density at radius 2 is 1.90 bits per heavy atom. The normalized spacial score (nSPS) is 15.4. The molecule has 4 heteroatoms. The molecule has 0 spiro atoms. The molecule has 1 saturated heterocycles. The Balaban J connectivity index is 1.86. The fraction of sp³-hybridized carbons (Fsp3) is 0.250. The largest absolute Gasteiger partial charge is 0.443 e. The van der Waals surface area contributed by atoms with E-state index in [1.54, 1.807) is 0 Å². The van der Waals surface area contributed by atoms with Crippen molar-refractivity contribution in [2.75, 3.05) is 13.1 Å².